The van der Waals surface area contributed by atoms with Gasteiger partial charge in [-0.1, -0.05) is 6.07 Å². The highest BCUT2D eigenvalue weighted by molar-refractivity contribution is 5.89. The van der Waals surface area contributed by atoms with Crippen LogP contribution in [0.4, 0.5) is 5.69 Å². The molecule has 2 aliphatic heterocycles. The quantitative estimate of drug-likeness (QED) is 0.430. The molecule has 0 aliphatic carbocycles. The smallest absolute Gasteiger partial charge is 0.338 e. The fourth-order valence-corrected chi connectivity index (χ4v) is 3.42. The minimum atomic E-state index is -0.496. The van der Waals surface area contributed by atoms with Gasteiger partial charge in [0.05, 0.1) is 10.5 Å². The molecule has 2 heterocycles. The van der Waals surface area contributed by atoms with Crippen LogP contribution >= 0.6 is 0 Å². The number of non-ortho nitro benzene ring substituents is 1. The molecule has 0 spiro atoms. The Morgan fingerprint density at radius 3 is 2.75 bits per heavy atom. The van der Waals surface area contributed by atoms with Crippen molar-refractivity contribution in [2.24, 2.45) is 0 Å². The fourth-order valence-electron chi connectivity index (χ4n) is 3.42. The summed E-state index contributed by atoms with van der Waals surface area (Å²) in [6.45, 7) is 2.68. The Balaban J connectivity index is 1.26. The molecule has 0 unspecified atom stereocenters. The summed E-state index contributed by atoms with van der Waals surface area (Å²) in [4.78, 5) is 24.7. The lowest BCUT2D eigenvalue weighted by atomic mass is 10.1. The van der Waals surface area contributed by atoms with Gasteiger partial charge in [0.15, 0.2) is 11.5 Å². The van der Waals surface area contributed by atoms with Crippen LogP contribution < -0.4 is 9.47 Å². The average molecular weight is 384 g/mol. The maximum atomic E-state index is 12.2. The average Bonchev–Trinajstić information content (AvgIpc) is 3.35. The van der Waals surface area contributed by atoms with Crippen molar-refractivity contribution in [3.05, 3.63) is 63.7 Å². The Bertz CT molecular complexity index is 883. The lowest BCUT2D eigenvalue weighted by Gasteiger charge is -2.16. The summed E-state index contributed by atoms with van der Waals surface area (Å²) in [6, 6.07) is 11.4. The molecule has 8 heteroatoms. The minimum Gasteiger partial charge on any atom is -0.457 e. The number of ether oxygens (including phenoxy) is 3. The van der Waals surface area contributed by atoms with Crippen LogP contribution in [-0.4, -0.2) is 48.3 Å². The Labute approximate surface area is 161 Å². The standard InChI is InChI=1S/C20H20N2O6/c23-20(15-2-4-16(5-3-15)22(24)25)28-17-8-10-21(12-17)9-7-14-1-6-18-19(11-14)27-13-26-18/h1-6,11,17H,7-10,12-13H2/t17-/m0/s1. The van der Waals surface area contributed by atoms with Crippen molar-refractivity contribution >= 4 is 11.7 Å². The predicted molar refractivity (Wildman–Crippen MR) is 99.6 cm³/mol. The first kappa shape index (κ1) is 18.2. The Morgan fingerprint density at radius 2 is 1.96 bits per heavy atom. The van der Waals surface area contributed by atoms with Gasteiger partial charge in [-0.15, -0.1) is 0 Å². The number of rotatable bonds is 6. The first-order valence-electron chi connectivity index (χ1n) is 9.15. The molecule has 0 radical (unpaired) electrons. The van der Waals surface area contributed by atoms with E-state index >= 15 is 0 Å². The van der Waals surface area contributed by atoms with E-state index in [1.807, 2.05) is 18.2 Å². The summed E-state index contributed by atoms with van der Waals surface area (Å²) in [7, 11) is 0. The zero-order valence-electron chi connectivity index (χ0n) is 15.2. The molecule has 4 rings (SSSR count). The van der Waals surface area contributed by atoms with Gasteiger partial charge in [0.1, 0.15) is 6.10 Å². The second-order valence-electron chi connectivity index (χ2n) is 6.86. The number of fused-ring (bicyclic) bond motifs is 1. The van der Waals surface area contributed by atoms with Crippen LogP contribution in [0, 0.1) is 10.1 Å². The van der Waals surface area contributed by atoms with Crippen molar-refractivity contribution in [2.75, 3.05) is 26.4 Å². The van der Waals surface area contributed by atoms with E-state index in [2.05, 4.69) is 4.90 Å². The second kappa shape index (κ2) is 7.85. The molecule has 0 bridgehead atoms. The first-order valence-corrected chi connectivity index (χ1v) is 9.15. The molecule has 2 aliphatic rings. The third-order valence-electron chi connectivity index (χ3n) is 4.97. The molecule has 146 valence electrons. The molecular weight excluding hydrogens is 364 g/mol. The molecule has 2 aromatic rings. The van der Waals surface area contributed by atoms with Gasteiger partial charge < -0.3 is 14.2 Å². The van der Waals surface area contributed by atoms with Crippen LogP contribution in [0.15, 0.2) is 42.5 Å². The molecule has 0 saturated carbocycles. The van der Waals surface area contributed by atoms with Crippen molar-refractivity contribution in [3.63, 3.8) is 0 Å². The minimum absolute atomic E-state index is 0.0490. The number of hydrogen-bond donors (Lipinski definition) is 0. The molecule has 28 heavy (non-hydrogen) atoms. The number of hydrogen-bond acceptors (Lipinski definition) is 7. The van der Waals surface area contributed by atoms with E-state index < -0.39 is 10.9 Å². The number of carbonyl (C=O) groups is 1. The monoisotopic (exact) mass is 384 g/mol. The Morgan fingerprint density at radius 1 is 1.18 bits per heavy atom. The van der Waals surface area contributed by atoms with Crippen molar-refractivity contribution in [2.45, 2.75) is 18.9 Å². The van der Waals surface area contributed by atoms with Gasteiger partial charge in [-0.2, -0.15) is 0 Å². The predicted octanol–water partition coefficient (Wildman–Crippen LogP) is 2.80. The van der Waals surface area contributed by atoms with Gasteiger partial charge in [-0.3, -0.25) is 15.0 Å². The molecule has 1 saturated heterocycles. The molecular formula is C20H20N2O6. The van der Waals surface area contributed by atoms with Crippen LogP contribution in [0.2, 0.25) is 0 Å². The molecule has 1 atom stereocenters. The fraction of sp³-hybridized carbons (Fsp3) is 0.350. The summed E-state index contributed by atoms with van der Waals surface area (Å²) in [5.74, 6) is 1.12. The first-order chi connectivity index (χ1) is 13.6. The zero-order chi connectivity index (χ0) is 19.5. The third kappa shape index (κ3) is 4.07. The molecule has 0 amide bonds. The second-order valence-corrected chi connectivity index (χ2v) is 6.86. The van der Waals surface area contributed by atoms with Gasteiger partial charge in [0, 0.05) is 31.8 Å². The molecule has 0 aromatic heterocycles. The van der Waals surface area contributed by atoms with Crippen LogP contribution in [-0.2, 0) is 11.2 Å². The normalized spacial score (nSPS) is 18.2. The lowest BCUT2D eigenvalue weighted by Crippen LogP contribution is -2.26. The van der Waals surface area contributed by atoms with Crippen molar-refractivity contribution in [1.29, 1.82) is 0 Å². The highest BCUT2D eigenvalue weighted by Gasteiger charge is 2.26. The van der Waals surface area contributed by atoms with E-state index in [0.717, 1.165) is 37.4 Å². The highest BCUT2D eigenvalue weighted by atomic mass is 16.7. The number of likely N-dealkylation sites (tertiary alicyclic amines) is 1. The number of carbonyl (C=O) groups excluding carboxylic acids is 1. The third-order valence-corrected chi connectivity index (χ3v) is 4.97. The van der Waals surface area contributed by atoms with Gasteiger partial charge in [-0.05, 0) is 42.7 Å². The summed E-state index contributed by atoms with van der Waals surface area (Å²) in [5, 5.41) is 10.7. The zero-order valence-corrected chi connectivity index (χ0v) is 15.2. The van der Waals surface area contributed by atoms with E-state index in [4.69, 9.17) is 14.2 Å². The van der Waals surface area contributed by atoms with E-state index in [0.29, 0.717) is 12.1 Å². The summed E-state index contributed by atoms with van der Waals surface area (Å²) in [5.41, 5.74) is 1.45. The van der Waals surface area contributed by atoms with Crippen LogP contribution in [0.1, 0.15) is 22.3 Å². The molecule has 2 aromatic carbocycles. The Hall–Kier alpha value is -3.13. The van der Waals surface area contributed by atoms with Crippen molar-refractivity contribution in [3.8, 4) is 11.5 Å². The van der Waals surface area contributed by atoms with Crippen LogP contribution in [0.5, 0.6) is 11.5 Å². The van der Waals surface area contributed by atoms with Gasteiger partial charge in [-0.25, -0.2) is 4.79 Å². The molecule has 0 N–H and O–H groups in total. The number of benzene rings is 2. The van der Waals surface area contributed by atoms with Crippen LogP contribution in [0.3, 0.4) is 0 Å². The maximum Gasteiger partial charge on any atom is 0.338 e. The number of nitro benzene ring substituents is 1. The van der Waals surface area contributed by atoms with Crippen LogP contribution in [0.25, 0.3) is 0 Å². The number of esters is 1. The van der Waals surface area contributed by atoms with E-state index in [1.165, 1.54) is 29.8 Å². The van der Waals surface area contributed by atoms with Gasteiger partial charge in [0.2, 0.25) is 6.79 Å². The molecule has 8 nitrogen and oxygen atoms in total. The summed E-state index contributed by atoms with van der Waals surface area (Å²) in [6.07, 6.45) is 1.49. The maximum absolute atomic E-state index is 12.2. The Kier molecular flexibility index (Phi) is 5.12. The summed E-state index contributed by atoms with van der Waals surface area (Å²) < 4.78 is 16.3. The lowest BCUT2D eigenvalue weighted by molar-refractivity contribution is -0.384. The van der Waals surface area contributed by atoms with Crippen molar-refractivity contribution in [1.82, 2.24) is 4.90 Å². The summed E-state index contributed by atoms with van der Waals surface area (Å²) >= 11 is 0. The highest BCUT2D eigenvalue weighted by Crippen LogP contribution is 2.32. The van der Waals surface area contributed by atoms with Crippen molar-refractivity contribution < 1.29 is 23.9 Å². The number of nitro groups is 1. The van der Waals surface area contributed by atoms with E-state index in [-0.39, 0.29) is 18.6 Å². The van der Waals surface area contributed by atoms with E-state index in [9.17, 15) is 14.9 Å². The topological polar surface area (TPSA) is 91.1 Å². The SMILES string of the molecule is O=C(O[C@H]1CCN(CCc2ccc3c(c2)OCO3)C1)c1ccc([N+](=O)[O-])cc1. The van der Waals surface area contributed by atoms with Gasteiger partial charge >= 0.3 is 5.97 Å². The molecule has 1 fully saturated rings. The van der Waals surface area contributed by atoms with E-state index in [1.54, 1.807) is 0 Å². The largest absolute Gasteiger partial charge is 0.457 e. The number of nitrogens with zero attached hydrogens (tertiary/aromatic N) is 2. The van der Waals surface area contributed by atoms with Gasteiger partial charge in [0.25, 0.3) is 5.69 Å².